The van der Waals surface area contributed by atoms with Crippen LogP contribution >= 0.6 is 27.3 Å². The van der Waals surface area contributed by atoms with E-state index >= 15 is 0 Å². The van der Waals surface area contributed by atoms with Crippen molar-refractivity contribution in [2.24, 2.45) is 0 Å². The fourth-order valence-electron chi connectivity index (χ4n) is 2.50. The van der Waals surface area contributed by atoms with Crippen LogP contribution in [0.5, 0.6) is 0 Å². The highest BCUT2D eigenvalue weighted by molar-refractivity contribution is 9.11. The van der Waals surface area contributed by atoms with Crippen LogP contribution in [-0.2, 0) is 6.54 Å². The lowest BCUT2D eigenvalue weighted by Crippen LogP contribution is -2.45. The van der Waals surface area contributed by atoms with Crippen LogP contribution in [0.25, 0.3) is 0 Å². The van der Waals surface area contributed by atoms with Gasteiger partial charge in [-0.25, -0.2) is 0 Å². The van der Waals surface area contributed by atoms with Crippen LogP contribution in [0.4, 0.5) is 0 Å². The van der Waals surface area contributed by atoms with Gasteiger partial charge in [0.2, 0.25) is 0 Å². The fourth-order valence-corrected chi connectivity index (χ4v) is 3.70. The van der Waals surface area contributed by atoms with Gasteiger partial charge in [0.1, 0.15) is 0 Å². The van der Waals surface area contributed by atoms with Gasteiger partial charge in [-0.15, -0.1) is 11.3 Å². The lowest BCUT2D eigenvalue weighted by atomic mass is 10.0. The van der Waals surface area contributed by atoms with Crippen LogP contribution in [0, 0.1) is 0 Å². The van der Waals surface area contributed by atoms with Crippen LogP contribution in [0.15, 0.2) is 39.8 Å². The molecule has 1 aliphatic heterocycles. The lowest BCUT2D eigenvalue weighted by molar-refractivity contribution is 0.153. The molecule has 0 bridgehead atoms. The van der Waals surface area contributed by atoms with Crippen LogP contribution in [0.2, 0.25) is 0 Å². The monoisotopic (exact) mass is 337 g/mol. The summed E-state index contributed by atoms with van der Waals surface area (Å²) in [4.78, 5) is 6.78. The minimum Gasteiger partial charge on any atom is -0.314 e. The number of hydrogen-bond donors (Lipinski definition) is 1. The number of hydrogen-bond acceptors (Lipinski definition) is 4. The van der Waals surface area contributed by atoms with E-state index in [1.807, 2.05) is 18.5 Å². The Kier molecular flexibility index (Phi) is 4.28. The van der Waals surface area contributed by atoms with Crippen molar-refractivity contribution in [2.45, 2.75) is 12.6 Å². The maximum atomic E-state index is 4.25. The molecule has 0 spiro atoms. The summed E-state index contributed by atoms with van der Waals surface area (Å²) < 4.78 is 1.20. The average Bonchev–Trinajstić information content (AvgIpc) is 2.86. The van der Waals surface area contributed by atoms with Gasteiger partial charge in [0.15, 0.2) is 0 Å². The predicted octanol–water partition coefficient (Wildman–Crippen LogP) is 3.05. The van der Waals surface area contributed by atoms with Crippen molar-refractivity contribution in [3.8, 4) is 0 Å². The van der Waals surface area contributed by atoms with E-state index in [9.17, 15) is 0 Å². The number of nitrogens with zero attached hydrogens (tertiary/aromatic N) is 2. The molecule has 0 aliphatic carbocycles. The summed E-state index contributed by atoms with van der Waals surface area (Å²) >= 11 is 5.29. The minimum atomic E-state index is 0.418. The minimum absolute atomic E-state index is 0.418. The largest absolute Gasteiger partial charge is 0.314 e. The standard InChI is InChI=1S/C14H16BrN3S/c15-14-6-11(10-19-14)9-18-5-4-17-8-13(18)12-2-1-3-16-7-12/h1-3,6-7,10,13,17H,4-5,8-9H2. The number of nitrogens with one attached hydrogen (secondary N) is 1. The van der Waals surface area contributed by atoms with Crippen molar-refractivity contribution >= 4 is 27.3 Å². The molecule has 100 valence electrons. The third kappa shape index (κ3) is 3.23. The smallest absolute Gasteiger partial charge is 0.0701 e. The van der Waals surface area contributed by atoms with Gasteiger partial charge in [-0.1, -0.05) is 6.07 Å². The van der Waals surface area contributed by atoms with Crippen LogP contribution in [0.1, 0.15) is 17.2 Å². The molecule has 1 N–H and O–H groups in total. The summed E-state index contributed by atoms with van der Waals surface area (Å²) in [5.41, 5.74) is 2.68. The average molecular weight is 338 g/mol. The van der Waals surface area contributed by atoms with Gasteiger partial charge in [-0.3, -0.25) is 9.88 Å². The SMILES string of the molecule is Brc1cc(CN2CCNCC2c2cccnc2)cs1. The third-order valence-corrected chi connectivity index (χ3v) is 4.98. The number of aromatic nitrogens is 1. The Morgan fingerprint density at radius 1 is 1.53 bits per heavy atom. The highest BCUT2D eigenvalue weighted by atomic mass is 79.9. The molecule has 0 amide bonds. The number of rotatable bonds is 3. The molecule has 1 atom stereocenters. The highest BCUT2D eigenvalue weighted by Gasteiger charge is 2.24. The molecule has 5 heteroatoms. The first-order valence-corrected chi connectivity index (χ1v) is 8.08. The van der Waals surface area contributed by atoms with Gasteiger partial charge < -0.3 is 5.32 Å². The van der Waals surface area contributed by atoms with Crippen molar-refractivity contribution in [1.29, 1.82) is 0 Å². The normalized spacial score (nSPS) is 20.6. The molecule has 19 heavy (non-hydrogen) atoms. The molecular weight excluding hydrogens is 322 g/mol. The first-order chi connectivity index (χ1) is 9.33. The van der Waals surface area contributed by atoms with E-state index in [-0.39, 0.29) is 0 Å². The van der Waals surface area contributed by atoms with E-state index in [1.54, 1.807) is 11.3 Å². The van der Waals surface area contributed by atoms with Crippen molar-refractivity contribution in [1.82, 2.24) is 15.2 Å². The van der Waals surface area contributed by atoms with E-state index in [2.05, 4.69) is 48.6 Å². The number of thiophene rings is 1. The summed E-state index contributed by atoms with van der Waals surface area (Å²) in [6, 6.07) is 6.82. The van der Waals surface area contributed by atoms with Crippen LogP contribution < -0.4 is 5.32 Å². The Balaban J connectivity index is 1.77. The molecule has 0 aromatic carbocycles. The molecule has 3 rings (SSSR count). The van der Waals surface area contributed by atoms with E-state index in [0.717, 1.165) is 26.2 Å². The Morgan fingerprint density at radius 2 is 2.47 bits per heavy atom. The Bertz CT molecular complexity index is 528. The second kappa shape index (κ2) is 6.13. The first kappa shape index (κ1) is 13.2. The second-order valence-corrected chi connectivity index (χ2v) is 7.03. The molecule has 3 heterocycles. The lowest BCUT2D eigenvalue weighted by Gasteiger charge is -2.36. The van der Waals surface area contributed by atoms with Crippen LogP contribution in [0.3, 0.4) is 0 Å². The maximum absolute atomic E-state index is 4.25. The predicted molar refractivity (Wildman–Crippen MR) is 82.3 cm³/mol. The third-order valence-electron chi connectivity index (χ3n) is 3.43. The van der Waals surface area contributed by atoms with E-state index in [1.165, 1.54) is 14.9 Å². The zero-order valence-corrected chi connectivity index (χ0v) is 13.0. The molecule has 1 fully saturated rings. The molecule has 0 radical (unpaired) electrons. The maximum Gasteiger partial charge on any atom is 0.0701 e. The van der Waals surface area contributed by atoms with Gasteiger partial charge in [0.25, 0.3) is 0 Å². The fraction of sp³-hybridized carbons (Fsp3) is 0.357. The summed E-state index contributed by atoms with van der Waals surface area (Å²) in [6.45, 7) is 4.13. The molecule has 1 saturated heterocycles. The van der Waals surface area contributed by atoms with Gasteiger partial charge in [0, 0.05) is 44.6 Å². The van der Waals surface area contributed by atoms with Gasteiger partial charge >= 0.3 is 0 Å². The summed E-state index contributed by atoms with van der Waals surface area (Å²) in [7, 11) is 0. The van der Waals surface area contributed by atoms with Crippen molar-refractivity contribution in [3.63, 3.8) is 0 Å². The highest BCUT2D eigenvalue weighted by Crippen LogP contribution is 2.26. The molecule has 2 aromatic rings. The first-order valence-electron chi connectivity index (χ1n) is 6.40. The van der Waals surface area contributed by atoms with E-state index < -0.39 is 0 Å². The zero-order valence-electron chi connectivity index (χ0n) is 10.6. The molecular formula is C14H16BrN3S. The quantitative estimate of drug-likeness (QED) is 0.932. The number of halogens is 1. The Hall–Kier alpha value is -0.750. The molecule has 0 saturated carbocycles. The van der Waals surface area contributed by atoms with Gasteiger partial charge in [0.05, 0.1) is 3.79 Å². The van der Waals surface area contributed by atoms with Gasteiger partial charge in [-0.2, -0.15) is 0 Å². The topological polar surface area (TPSA) is 28.2 Å². The molecule has 3 nitrogen and oxygen atoms in total. The van der Waals surface area contributed by atoms with E-state index in [4.69, 9.17) is 0 Å². The van der Waals surface area contributed by atoms with Gasteiger partial charge in [-0.05, 0) is 44.6 Å². The summed E-state index contributed by atoms with van der Waals surface area (Å²) in [6.07, 6.45) is 3.81. The second-order valence-electron chi connectivity index (χ2n) is 4.74. The summed E-state index contributed by atoms with van der Waals surface area (Å²) in [5.74, 6) is 0. The van der Waals surface area contributed by atoms with E-state index in [0.29, 0.717) is 6.04 Å². The van der Waals surface area contributed by atoms with Crippen molar-refractivity contribution in [3.05, 3.63) is 50.9 Å². The summed E-state index contributed by atoms with van der Waals surface area (Å²) in [5, 5.41) is 5.71. The van der Waals surface area contributed by atoms with Crippen molar-refractivity contribution < 1.29 is 0 Å². The van der Waals surface area contributed by atoms with Crippen molar-refractivity contribution in [2.75, 3.05) is 19.6 Å². The zero-order chi connectivity index (χ0) is 13.1. The number of pyridine rings is 1. The number of piperazine rings is 1. The molecule has 1 aliphatic rings. The molecule has 1 unspecified atom stereocenters. The molecule has 2 aromatic heterocycles. The Labute approximate surface area is 125 Å². The Morgan fingerprint density at radius 3 is 3.21 bits per heavy atom. The van der Waals surface area contributed by atoms with Crippen LogP contribution in [-0.4, -0.2) is 29.5 Å².